The predicted octanol–water partition coefficient (Wildman–Crippen LogP) is 2.60. The van der Waals surface area contributed by atoms with Crippen LogP contribution >= 0.6 is 0 Å². The molecule has 5 nitrogen and oxygen atoms in total. The molecule has 1 aliphatic heterocycles. The van der Waals surface area contributed by atoms with E-state index in [2.05, 4.69) is 44.2 Å². The molecule has 1 aromatic rings. The van der Waals surface area contributed by atoms with Gasteiger partial charge in [0.05, 0.1) is 18.2 Å². The van der Waals surface area contributed by atoms with Gasteiger partial charge in [0, 0.05) is 25.4 Å². The number of aromatic nitrogens is 2. The smallest absolute Gasteiger partial charge is 0.224 e. The van der Waals surface area contributed by atoms with E-state index in [9.17, 15) is 4.79 Å². The molecule has 2 fully saturated rings. The van der Waals surface area contributed by atoms with E-state index in [1.165, 1.54) is 5.57 Å². The molecule has 1 aromatic heterocycles. The molecule has 1 N–H and O–H groups in total. The highest BCUT2D eigenvalue weighted by molar-refractivity contribution is 5.84. The van der Waals surface area contributed by atoms with Crippen molar-refractivity contribution in [2.45, 2.75) is 46.3 Å². The molecule has 0 radical (unpaired) electrons. The van der Waals surface area contributed by atoms with Gasteiger partial charge in [-0.15, -0.1) is 0 Å². The highest BCUT2D eigenvalue weighted by Gasteiger charge is 2.60. The lowest BCUT2D eigenvalue weighted by Gasteiger charge is -2.19. The van der Waals surface area contributed by atoms with E-state index < -0.39 is 0 Å². The zero-order valence-corrected chi connectivity index (χ0v) is 14.7. The Hall–Kier alpha value is -1.62. The second-order valence-electron chi connectivity index (χ2n) is 7.71. The van der Waals surface area contributed by atoms with Crippen molar-refractivity contribution in [3.63, 3.8) is 0 Å². The summed E-state index contributed by atoms with van der Waals surface area (Å²) in [5.74, 6) is 0.557. The number of hydrogen-bond acceptors (Lipinski definition) is 3. The molecular weight excluding hydrogens is 290 g/mol. The monoisotopic (exact) mass is 317 g/mol. The van der Waals surface area contributed by atoms with Crippen molar-refractivity contribution in [3.05, 3.63) is 29.6 Å². The predicted molar refractivity (Wildman–Crippen MR) is 88.6 cm³/mol. The van der Waals surface area contributed by atoms with Gasteiger partial charge in [-0.1, -0.05) is 25.5 Å². The molecule has 5 heteroatoms. The van der Waals surface area contributed by atoms with Gasteiger partial charge in [0.15, 0.2) is 0 Å². The fourth-order valence-corrected chi connectivity index (χ4v) is 3.77. The SMILES string of the molecule is CC(C)=C[C@H]1[C@@H](C(=O)N[C@H]2CCO[C@@H]2c2cnn(C)c2)C1(C)C. The van der Waals surface area contributed by atoms with Gasteiger partial charge in [0.1, 0.15) is 6.10 Å². The maximum Gasteiger partial charge on any atom is 0.224 e. The van der Waals surface area contributed by atoms with E-state index in [0.29, 0.717) is 12.5 Å². The van der Waals surface area contributed by atoms with Crippen molar-refractivity contribution < 1.29 is 9.53 Å². The topological polar surface area (TPSA) is 56.1 Å². The molecule has 2 heterocycles. The lowest BCUT2D eigenvalue weighted by Crippen LogP contribution is -2.38. The number of amides is 1. The summed E-state index contributed by atoms with van der Waals surface area (Å²) in [4.78, 5) is 12.7. The van der Waals surface area contributed by atoms with Crippen LogP contribution in [0.3, 0.4) is 0 Å². The van der Waals surface area contributed by atoms with Crippen molar-refractivity contribution >= 4 is 5.91 Å². The summed E-state index contributed by atoms with van der Waals surface area (Å²) in [7, 11) is 1.89. The number of nitrogens with zero attached hydrogens (tertiary/aromatic N) is 2. The van der Waals surface area contributed by atoms with Crippen LogP contribution in [0.25, 0.3) is 0 Å². The molecule has 1 amide bonds. The fourth-order valence-electron chi connectivity index (χ4n) is 3.77. The fraction of sp³-hybridized carbons (Fsp3) is 0.667. The summed E-state index contributed by atoms with van der Waals surface area (Å²) < 4.78 is 7.60. The van der Waals surface area contributed by atoms with Gasteiger partial charge in [0.2, 0.25) is 5.91 Å². The van der Waals surface area contributed by atoms with Crippen LogP contribution in [0.15, 0.2) is 24.0 Å². The number of nitrogens with one attached hydrogen (secondary N) is 1. The third-order valence-corrected chi connectivity index (χ3v) is 5.18. The summed E-state index contributed by atoms with van der Waals surface area (Å²) in [6, 6.07) is 0.0375. The Bertz CT molecular complexity index is 628. The van der Waals surface area contributed by atoms with E-state index in [0.717, 1.165) is 12.0 Å². The highest BCUT2D eigenvalue weighted by atomic mass is 16.5. The summed E-state index contributed by atoms with van der Waals surface area (Å²) in [6.07, 6.45) is 6.78. The van der Waals surface area contributed by atoms with Gasteiger partial charge < -0.3 is 10.1 Å². The Morgan fingerprint density at radius 3 is 2.83 bits per heavy atom. The van der Waals surface area contributed by atoms with Crippen molar-refractivity contribution in [2.75, 3.05) is 6.61 Å². The molecule has 2 aliphatic rings. The van der Waals surface area contributed by atoms with Gasteiger partial charge in [-0.2, -0.15) is 5.10 Å². The van der Waals surface area contributed by atoms with E-state index in [1.54, 1.807) is 4.68 Å². The first-order chi connectivity index (χ1) is 10.8. The Labute approximate surface area is 138 Å². The minimum absolute atomic E-state index is 0.0375. The minimum atomic E-state index is -0.0867. The largest absolute Gasteiger partial charge is 0.371 e. The third kappa shape index (κ3) is 3.07. The molecule has 4 atom stereocenters. The molecule has 23 heavy (non-hydrogen) atoms. The Balaban J connectivity index is 1.67. The number of rotatable bonds is 4. The molecular formula is C18H27N3O2. The van der Waals surface area contributed by atoms with Crippen LogP contribution in [-0.2, 0) is 16.6 Å². The van der Waals surface area contributed by atoms with E-state index in [4.69, 9.17) is 4.74 Å². The summed E-state index contributed by atoms with van der Waals surface area (Å²) in [5.41, 5.74) is 2.35. The van der Waals surface area contributed by atoms with Crippen molar-refractivity contribution in [1.29, 1.82) is 0 Å². The first-order valence-electron chi connectivity index (χ1n) is 8.36. The molecule has 0 unspecified atom stereocenters. The standard InChI is InChI=1S/C18H27N3O2/c1-11(2)8-13-15(18(13,3)4)17(22)20-14-6-7-23-16(14)12-9-19-21(5)10-12/h8-10,13-16H,6-7H2,1-5H3,(H,20,22)/t13-,14-,15-,16+/m0/s1. The minimum Gasteiger partial charge on any atom is -0.371 e. The number of aryl methyl sites for hydroxylation is 1. The number of carbonyl (C=O) groups excluding carboxylic acids is 1. The van der Waals surface area contributed by atoms with E-state index >= 15 is 0 Å². The molecule has 126 valence electrons. The van der Waals surface area contributed by atoms with Gasteiger partial charge in [-0.25, -0.2) is 0 Å². The molecule has 0 bridgehead atoms. The number of carbonyl (C=O) groups is 1. The Kier molecular flexibility index (Phi) is 4.08. The first-order valence-corrected chi connectivity index (χ1v) is 8.36. The second kappa shape index (κ2) is 5.78. The maximum absolute atomic E-state index is 12.7. The quantitative estimate of drug-likeness (QED) is 0.869. The van der Waals surface area contributed by atoms with Crippen molar-refractivity contribution in [1.82, 2.24) is 15.1 Å². The van der Waals surface area contributed by atoms with Crippen LogP contribution in [-0.4, -0.2) is 28.3 Å². The average Bonchev–Trinajstić information content (AvgIpc) is 2.86. The van der Waals surface area contributed by atoms with Crippen LogP contribution in [0.4, 0.5) is 0 Å². The Morgan fingerprint density at radius 2 is 2.22 bits per heavy atom. The van der Waals surface area contributed by atoms with Gasteiger partial charge >= 0.3 is 0 Å². The van der Waals surface area contributed by atoms with Crippen LogP contribution < -0.4 is 5.32 Å². The average molecular weight is 317 g/mol. The van der Waals surface area contributed by atoms with Gasteiger partial charge in [-0.05, 0) is 31.6 Å². The summed E-state index contributed by atoms with van der Waals surface area (Å²) in [6.45, 7) is 9.20. The third-order valence-electron chi connectivity index (χ3n) is 5.18. The molecule has 0 aromatic carbocycles. The molecule has 0 spiro atoms. The lowest BCUT2D eigenvalue weighted by atomic mass is 10.0. The van der Waals surface area contributed by atoms with Crippen LogP contribution in [0.1, 0.15) is 45.8 Å². The normalized spacial score (nSPS) is 31.7. The van der Waals surface area contributed by atoms with E-state index in [1.807, 2.05) is 19.4 Å². The molecule has 1 saturated carbocycles. The summed E-state index contributed by atoms with van der Waals surface area (Å²) in [5, 5.41) is 7.43. The van der Waals surface area contributed by atoms with Gasteiger partial charge in [0.25, 0.3) is 0 Å². The second-order valence-corrected chi connectivity index (χ2v) is 7.71. The Morgan fingerprint density at radius 1 is 1.48 bits per heavy atom. The number of allylic oxidation sites excluding steroid dienone is 2. The number of ether oxygens (including phenoxy) is 1. The van der Waals surface area contributed by atoms with E-state index in [-0.39, 0.29) is 29.4 Å². The highest BCUT2D eigenvalue weighted by Crippen LogP contribution is 2.59. The zero-order valence-electron chi connectivity index (χ0n) is 14.7. The molecule has 3 rings (SSSR count). The van der Waals surface area contributed by atoms with Crippen LogP contribution in [0.2, 0.25) is 0 Å². The number of hydrogen-bond donors (Lipinski definition) is 1. The maximum atomic E-state index is 12.7. The van der Waals surface area contributed by atoms with Crippen molar-refractivity contribution in [2.24, 2.45) is 24.3 Å². The van der Waals surface area contributed by atoms with Gasteiger partial charge in [-0.3, -0.25) is 9.48 Å². The molecule has 1 aliphatic carbocycles. The zero-order chi connectivity index (χ0) is 16.8. The van der Waals surface area contributed by atoms with Crippen molar-refractivity contribution in [3.8, 4) is 0 Å². The first kappa shape index (κ1) is 16.2. The molecule has 1 saturated heterocycles. The van der Waals surface area contributed by atoms with Crippen LogP contribution in [0.5, 0.6) is 0 Å². The van der Waals surface area contributed by atoms with Crippen LogP contribution in [0, 0.1) is 17.3 Å². The lowest BCUT2D eigenvalue weighted by molar-refractivity contribution is -0.124. The summed E-state index contributed by atoms with van der Waals surface area (Å²) >= 11 is 0.